The number of rotatable bonds is 5. The molecule has 0 bridgehead atoms. The first kappa shape index (κ1) is 14.0. The summed E-state index contributed by atoms with van der Waals surface area (Å²) >= 11 is 0. The molecule has 0 amide bonds. The Bertz CT molecular complexity index is 616. The van der Waals surface area contributed by atoms with Crippen LogP contribution in [-0.2, 0) is 0 Å². The molecule has 0 radical (unpaired) electrons. The molecule has 0 saturated carbocycles. The van der Waals surface area contributed by atoms with E-state index in [9.17, 15) is 0 Å². The molecule has 20 heavy (non-hydrogen) atoms. The van der Waals surface area contributed by atoms with E-state index in [-0.39, 0.29) is 17.9 Å². The van der Waals surface area contributed by atoms with Crippen molar-refractivity contribution in [2.24, 2.45) is 5.73 Å². The van der Waals surface area contributed by atoms with Crippen molar-refractivity contribution in [1.29, 1.82) is 5.26 Å². The van der Waals surface area contributed by atoms with E-state index in [0.29, 0.717) is 0 Å². The minimum absolute atomic E-state index is 0.129. The van der Waals surface area contributed by atoms with Crippen LogP contribution in [0.15, 0.2) is 30.6 Å². The highest BCUT2D eigenvalue weighted by Crippen LogP contribution is 2.25. The summed E-state index contributed by atoms with van der Waals surface area (Å²) in [6.07, 6.45) is 2.32. The van der Waals surface area contributed by atoms with Crippen LogP contribution in [0.1, 0.15) is 30.8 Å². The Labute approximate surface area is 117 Å². The lowest BCUT2D eigenvalue weighted by Crippen LogP contribution is -2.33. The second-order valence-electron chi connectivity index (χ2n) is 4.45. The van der Waals surface area contributed by atoms with Crippen LogP contribution in [0.2, 0.25) is 0 Å². The molecule has 1 heterocycles. The van der Waals surface area contributed by atoms with E-state index in [0.717, 1.165) is 17.7 Å². The molecule has 6 heteroatoms. The number of hydrogen-bond acceptors (Lipinski definition) is 5. The highest BCUT2D eigenvalue weighted by molar-refractivity contribution is 5.31. The van der Waals surface area contributed by atoms with Gasteiger partial charge in [-0.25, -0.2) is 9.67 Å². The van der Waals surface area contributed by atoms with Gasteiger partial charge in [0.2, 0.25) is 0 Å². The third-order valence-electron chi connectivity index (χ3n) is 3.21. The molecule has 2 N–H and O–H groups in total. The normalized spacial score (nSPS) is 13.5. The van der Waals surface area contributed by atoms with Gasteiger partial charge in [-0.3, -0.25) is 0 Å². The summed E-state index contributed by atoms with van der Waals surface area (Å²) in [6.45, 7) is 2.01. The van der Waals surface area contributed by atoms with E-state index in [4.69, 9.17) is 15.7 Å². The Balaban J connectivity index is 2.44. The van der Waals surface area contributed by atoms with Gasteiger partial charge < -0.3 is 10.5 Å². The third kappa shape index (κ3) is 2.78. The van der Waals surface area contributed by atoms with Gasteiger partial charge in [0.15, 0.2) is 0 Å². The van der Waals surface area contributed by atoms with Gasteiger partial charge in [-0.15, -0.1) is 5.10 Å². The second-order valence-corrected chi connectivity index (χ2v) is 4.45. The summed E-state index contributed by atoms with van der Waals surface area (Å²) in [7, 11) is 1.62. The molecule has 0 saturated heterocycles. The monoisotopic (exact) mass is 271 g/mol. The van der Waals surface area contributed by atoms with Gasteiger partial charge in [-0.1, -0.05) is 19.1 Å². The number of nitrogens with two attached hydrogens (primary N) is 1. The Hall–Kier alpha value is -2.39. The summed E-state index contributed by atoms with van der Waals surface area (Å²) in [5.74, 6) is 0.901. The quantitative estimate of drug-likeness (QED) is 0.889. The lowest BCUT2D eigenvalue weighted by Gasteiger charge is -2.23. The first-order chi connectivity index (χ1) is 9.69. The maximum absolute atomic E-state index is 8.84. The molecule has 2 aromatic rings. The summed E-state index contributed by atoms with van der Waals surface area (Å²) in [5.41, 5.74) is 7.19. The lowest BCUT2D eigenvalue weighted by atomic mass is 9.98. The molecule has 0 aliphatic heterocycles. The summed E-state index contributed by atoms with van der Waals surface area (Å²) in [6, 6.07) is 9.30. The van der Waals surface area contributed by atoms with Crippen molar-refractivity contribution in [2.75, 3.05) is 7.11 Å². The van der Waals surface area contributed by atoms with Crippen LogP contribution in [0, 0.1) is 11.3 Å². The third-order valence-corrected chi connectivity index (χ3v) is 3.21. The Morgan fingerprint density at radius 2 is 2.30 bits per heavy atom. The summed E-state index contributed by atoms with van der Waals surface area (Å²) < 4.78 is 6.88. The molecule has 104 valence electrons. The Morgan fingerprint density at radius 1 is 1.50 bits per heavy atom. The molecule has 2 atom stereocenters. The molecule has 0 aliphatic carbocycles. The number of benzene rings is 1. The van der Waals surface area contributed by atoms with E-state index in [1.807, 2.05) is 37.3 Å². The molecule has 0 spiro atoms. The van der Waals surface area contributed by atoms with Crippen LogP contribution in [0.4, 0.5) is 0 Å². The molecular formula is C14H17N5O. The second kappa shape index (κ2) is 6.17. The van der Waals surface area contributed by atoms with Gasteiger partial charge in [0, 0.05) is 6.04 Å². The molecule has 6 nitrogen and oxygen atoms in total. The SMILES string of the molecule is CCC(N)C(c1cccc(OC)c1)n1cnc(C#N)n1. The van der Waals surface area contributed by atoms with E-state index < -0.39 is 0 Å². The fourth-order valence-electron chi connectivity index (χ4n) is 2.10. The molecule has 1 aromatic heterocycles. The zero-order valence-corrected chi connectivity index (χ0v) is 11.5. The van der Waals surface area contributed by atoms with Crippen molar-refractivity contribution >= 4 is 0 Å². The van der Waals surface area contributed by atoms with Crippen molar-refractivity contribution < 1.29 is 4.74 Å². The topological polar surface area (TPSA) is 89.8 Å². The average Bonchev–Trinajstić information content (AvgIpc) is 2.96. The van der Waals surface area contributed by atoms with E-state index >= 15 is 0 Å². The van der Waals surface area contributed by atoms with E-state index in [1.165, 1.54) is 6.33 Å². The highest BCUT2D eigenvalue weighted by atomic mass is 16.5. The number of hydrogen-bond donors (Lipinski definition) is 1. The fourth-order valence-corrected chi connectivity index (χ4v) is 2.10. The molecule has 2 unspecified atom stereocenters. The average molecular weight is 271 g/mol. The molecule has 1 aromatic carbocycles. The van der Waals surface area contributed by atoms with Crippen LogP contribution in [0.25, 0.3) is 0 Å². The van der Waals surface area contributed by atoms with Crippen molar-refractivity contribution in [3.8, 4) is 11.8 Å². The van der Waals surface area contributed by atoms with Gasteiger partial charge in [0.05, 0.1) is 13.2 Å². The predicted molar refractivity (Wildman–Crippen MR) is 74.1 cm³/mol. The number of methoxy groups -OCH3 is 1. The van der Waals surface area contributed by atoms with Crippen molar-refractivity contribution in [3.63, 3.8) is 0 Å². The lowest BCUT2D eigenvalue weighted by molar-refractivity contribution is 0.404. The first-order valence-electron chi connectivity index (χ1n) is 6.40. The summed E-state index contributed by atoms with van der Waals surface area (Å²) in [4.78, 5) is 3.94. The molecular weight excluding hydrogens is 254 g/mol. The van der Waals surface area contributed by atoms with Crippen molar-refractivity contribution in [3.05, 3.63) is 42.0 Å². The standard InChI is InChI=1S/C14H17N5O/c1-3-12(16)14(19-9-17-13(8-15)18-19)10-5-4-6-11(7-10)20-2/h4-7,9,12,14H,3,16H2,1-2H3. The van der Waals surface area contributed by atoms with Crippen molar-refractivity contribution in [1.82, 2.24) is 14.8 Å². The number of ether oxygens (including phenoxy) is 1. The van der Waals surface area contributed by atoms with Crippen LogP contribution in [0.3, 0.4) is 0 Å². The van der Waals surface area contributed by atoms with Gasteiger partial charge in [0.25, 0.3) is 5.82 Å². The minimum Gasteiger partial charge on any atom is -0.497 e. The predicted octanol–water partition coefficient (Wildman–Crippen LogP) is 1.49. The highest BCUT2D eigenvalue weighted by Gasteiger charge is 2.22. The van der Waals surface area contributed by atoms with Gasteiger partial charge in [-0.2, -0.15) is 5.26 Å². The largest absolute Gasteiger partial charge is 0.497 e. The van der Waals surface area contributed by atoms with E-state index in [1.54, 1.807) is 11.8 Å². The zero-order chi connectivity index (χ0) is 14.5. The Kier molecular flexibility index (Phi) is 4.33. The Morgan fingerprint density at radius 3 is 2.90 bits per heavy atom. The molecule has 0 fully saturated rings. The number of aromatic nitrogens is 3. The smallest absolute Gasteiger partial charge is 0.252 e. The van der Waals surface area contributed by atoms with Gasteiger partial charge >= 0.3 is 0 Å². The van der Waals surface area contributed by atoms with Crippen LogP contribution >= 0.6 is 0 Å². The van der Waals surface area contributed by atoms with Gasteiger partial charge in [-0.05, 0) is 24.1 Å². The molecule has 0 aliphatic rings. The first-order valence-corrected chi connectivity index (χ1v) is 6.40. The minimum atomic E-state index is -0.176. The maximum atomic E-state index is 8.84. The number of nitriles is 1. The summed E-state index contributed by atoms with van der Waals surface area (Å²) in [5, 5.41) is 13.0. The van der Waals surface area contributed by atoms with E-state index in [2.05, 4.69) is 10.1 Å². The number of nitrogens with zero attached hydrogens (tertiary/aromatic N) is 4. The fraction of sp³-hybridized carbons (Fsp3) is 0.357. The van der Waals surface area contributed by atoms with Crippen molar-refractivity contribution in [2.45, 2.75) is 25.4 Å². The van der Waals surface area contributed by atoms with Gasteiger partial charge in [0.1, 0.15) is 18.1 Å². The molecule has 2 rings (SSSR count). The maximum Gasteiger partial charge on any atom is 0.252 e. The van der Waals surface area contributed by atoms with Crippen LogP contribution in [0.5, 0.6) is 5.75 Å². The zero-order valence-electron chi connectivity index (χ0n) is 11.5. The van der Waals surface area contributed by atoms with Crippen LogP contribution in [-0.4, -0.2) is 27.9 Å². The van der Waals surface area contributed by atoms with Crippen LogP contribution < -0.4 is 10.5 Å².